The van der Waals surface area contributed by atoms with Crippen LogP contribution in [0.4, 0.5) is 0 Å². The van der Waals surface area contributed by atoms with Gasteiger partial charge in [-0.1, -0.05) is 35.9 Å². The van der Waals surface area contributed by atoms with Crippen molar-refractivity contribution < 1.29 is 0 Å². The van der Waals surface area contributed by atoms with Crippen molar-refractivity contribution in [2.24, 2.45) is 4.99 Å². The van der Waals surface area contributed by atoms with Crippen molar-refractivity contribution in [1.82, 2.24) is 4.57 Å². The van der Waals surface area contributed by atoms with Crippen molar-refractivity contribution in [3.8, 4) is 11.3 Å². The number of aromatic nitrogens is 1. The minimum atomic E-state index is 0.623. The average molecular weight is 291 g/mol. The maximum Gasteiger partial charge on any atom is 0.185 e. The zero-order valence-electron chi connectivity index (χ0n) is 10.6. The Morgan fingerprint density at radius 2 is 1.95 bits per heavy atom. The van der Waals surface area contributed by atoms with E-state index in [-0.39, 0.29) is 0 Å². The van der Waals surface area contributed by atoms with Crippen LogP contribution in [-0.4, -0.2) is 11.1 Å². The normalized spacial score (nSPS) is 11.5. The lowest BCUT2D eigenvalue weighted by Gasteiger charge is -2.06. The minimum absolute atomic E-state index is 0.623. The summed E-state index contributed by atoms with van der Waals surface area (Å²) in [5.74, 6) is 0. The van der Waals surface area contributed by atoms with E-state index in [4.69, 9.17) is 11.6 Å². The highest BCUT2D eigenvalue weighted by Gasteiger charge is 2.06. The first-order valence-corrected chi connectivity index (χ1v) is 7.18. The highest BCUT2D eigenvalue weighted by atomic mass is 35.5. The Balaban J connectivity index is 2.51. The predicted octanol–water partition coefficient (Wildman–Crippen LogP) is 4.14. The standard InChI is InChI=1S/C15H15ClN2S/c1-3-9-17-15-18(10-4-2)14(11-19-15)12-5-7-13(16)8-6-12/h3-8,11H,1-2,9-10H2. The lowest BCUT2D eigenvalue weighted by atomic mass is 10.2. The molecule has 4 heteroatoms. The van der Waals surface area contributed by atoms with Crippen molar-refractivity contribution in [3.05, 3.63) is 64.8 Å². The molecule has 1 heterocycles. The molecule has 0 bridgehead atoms. The molecular weight excluding hydrogens is 276 g/mol. The van der Waals surface area contributed by atoms with Crippen molar-refractivity contribution in [1.29, 1.82) is 0 Å². The number of halogens is 1. The van der Waals surface area contributed by atoms with Gasteiger partial charge < -0.3 is 4.57 Å². The van der Waals surface area contributed by atoms with E-state index in [1.165, 1.54) is 0 Å². The van der Waals surface area contributed by atoms with E-state index in [0.29, 0.717) is 6.54 Å². The van der Waals surface area contributed by atoms with Crippen molar-refractivity contribution in [2.45, 2.75) is 6.54 Å². The molecule has 0 atom stereocenters. The molecule has 0 N–H and O–H groups in total. The van der Waals surface area contributed by atoms with Gasteiger partial charge in [0.2, 0.25) is 0 Å². The largest absolute Gasteiger partial charge is 0.313 e. The Bertz CT molecular complexity index is 635. The Morgan fingerprint density at radius 3 is 2.58 bits per heavy atom. The van der Waals surface area contributed by atoms with Crippen molar-refractivity contribution >= 4 is 22.9 Å². The number of hydrogen-bond acceptors (Lipinski definition) is 2. The SMILES string of the molecule is C=CCN=c1scc(-c2ccc(Cl)cc2)n1CC=C. The summed E-state index contributed by atoms with van der Waals surface area (Å²) in [7, 11) is 0. The lowest BCUT2D eigenvalue weighted by Crippen LogP contribution is -2.15. The molecule has 0 aliphatic heterocycles. The van der Waals surface area contributed by atoms with Crippen LogP contribution in [0.3, 0.4) is 0 Å². The van der Waals surface area contributed by atoms with Gasteiger partial charge >= 0.3 is 0 Å². The first-order valence-electron chi connectivity index (χ1n) is 5.93. The molecule has 0 saturated carbocycles. The molecule has 0 aliphatic carbocycles. The summed E-state index contributed by atoms with van der Waals surface area (Å²) >= 11 is 7.55. The molecule has 1 aromatic heterocycles. The summed E-state index contributed by atoms with van der Waals surface area (Å²) in [4.78, 5) is 5.47. The maximum atomic E-state index is 5.92. The van der Waals surface area contributed by atoms with Gasteiger partial charge in [-0.05, 0) is 17.7 Å². The van der Waals surface area contributed by atoms with Crippen LogP contribution in [0.25, 0.3) is 11.3 Å². The summed E-state index contributed by atoms with van der Waals surface area (Å²) in [6.45, 7) is 8.86. The monoisotopic (exact) mass is 290 g/mol. The Kier molecular flexibility index (Phi) is 4.77. The zero-order valence-corrected chi connectivity index (χ0v) is 12.1. The molecule has 98 valence electrons. The average Bonchev–Trinajstić information content (AvgIpc) is 2.81. The summed E-state index contributed by atoms with van der Waals surface area (Å²) in [5.41, 5.74) is 2.26. The van der Waals surface area contributed by atoms with E-state index in [1.807, 2.05) is 30.3 Å². The Hall–Kier alpha value is -1.58. The lowest BCUT2D eigenvalue weighted by molar-refractivity contribution is 0.790. The third-order valence-corrected chi connectivity index (χ3v) is 3.76. The molecule has 0 spiro atoms. The molecule has 0 amide bonds. The molecule has 2 aromatic rings. The van der Waals surface area contributed by atoms with Gasteiger partial charge in [0.1, 0.15) is 0 Å². The Labute approximate surface area is 122 Å². The van der Waals surface area contributed by atoms with Gasteiger partial charge in [-0.3, -0.25) is 4.99 Å². The van der Waals surface area contributed by atoms with E-state index in [2.05, 4.69) is 28.1 Å². The number of nitrogens with zero attached hydrogens (tertiary/aromatic N) is 2. The van der Waals surface area contributed by atoms with Gasteiger partial charge in [0.05, 0.1) is 12.2 Å². The number of rotatable bonds is 5. The van der Waals surface area contributed by atoms with Gasteiger partial charge in [0.15, 0.2) is 4.80 Å². The molecule has 2 rings (SSSR count). The number of benzene rings is 1. The second kappa shape index (κ2) is 6.55. The van der Waals surface area contributed by atoms with Gasteiger partial charge in [0, 0.05) is 16.9 Å². The second-order valence-electron chi connectivity index (χ2n) is 3.94. The fourth-order valence-electron chi connectivity index (χ4n) is 1.75. The van der Waals surface area contributed by atoms with Crippen LogP contribution in [0.2, 0.25) is 5.02 Å². The van der Waals surface area contributed by atoms with Crippen molar-refractivity contribution in [2.75, 3.05) is 6.54 Å². The summed E-state index contributed by atoms with van der Waals surface area (Å²) in [6, 6.07) is 7.82. The predicted molar refractivity (Wildman–Crippen MR) is 83.6 cm³/mol. The van der Waals surface area contributed by atoms with Gasteiger partial charge in [-0.25, -0.2) is 0 Å². The van der Waals surface area contributed by atoms with E-state index >= 15 is 0 Å². The fourth-order valence-corrected chi connectivity index (χ4v) is 2.81. The van der Waals surface area contributed by atoms with Crippen LogP contribution in [0, 0.1) is 0 Å². The molecule has 19 heavy (non-hydrogen) atoms. The van der Waals surface area contributed by atoms with Crippen LogP contribution < -0.4 is 4.80 Å². The van der Waals surface area contributed by atoms with E-state index < -0.39 is 0 Å². The van der Waals surface area contributed by atoms with Gasteiger partial charge in [-0.15, -0.1) is 24.5 Å². The topological polar surface area (TPSA) is 17.3 Å². The van der Waals surface area contributed by atoms with E-state index in [0.717, 1.165) is 27.6 Å². The van der Waals surface area contributed by atoms with Crippen LogP contribution in [-0.2, 0) is 6.54 Å². The third-order valence-electron chi connectivity index (χ3n) is 2.60. The zero-order chi connectivity index (χ0) is 13.7. The fraction of sp³-hybridized carbons (Fsp3) is 0.133. The van der Waals surface area contributed by atoms with E-state index in [1.54, 1.807) is 17.4 Å². The van der Waals surface area contributed by atoms with Crippen LogP contribution in [0.15, 0.2) is 59.9 Å². The van der Waals surface area contributed by atoms with Crippen LogP contribution >= 0.6 is 22.9 Å². The quantitative estimate of drug-likeness (QED) is 0.736. The molecule has 0 radical (unpaired) electrons. The molecule has 1 aromatic carbocycles. The molecule has 0 saturated heterocycles. The summed E-state index contributed by atoms with van der Waals surface area (Å²) in [5, 5.41) is 2.85. The molecule has 0 unspecified atom stereocenters. The minimum Gasteiger partial charge on any atom is -0.313 e. The third kappa shape index (κ3) is 3.25. The highest BCUT2D eigenvalue weighted by Crippen LogP contribution is 2.22. The highest BCUT2D eigenvalue weighted by molar-refractivity contribution is 7.07. The molecule has 0 aliphatic rings. The van der Waals surface area contributed by atoms with Gasteiger partial charge in [0.25, 0.3) is 0 Å². The van der Waals surface area contributed by atoms with Crippen molar-refractivity contribution in [3.63, 3.8) is 0 Å². The number of hydrogen-bond donors (Lipinski definition) is 0. The Morgan fingerprint density at radius 1 is 1.21 bits per heavy atom. The van der Waals surface area contributed by atoms with Crippen LogP contribution in [0.1, 0.15) is 0 Å². The molecule has 0 fully saturated rings. The van der Waals surface area contributed by atoms with E-state index in [9.17, 15) is 0 Å². The second-order valence-corrected chi connectivity index (χ2v) is 5.21. The summed E-state index contributed by atoms with van der Waals surface area (Å²) < 4.78 is 2.14. The van der Waals surface area contributed by atoms with Gasteiger partial charge in [-0.2, -0.15) is 0 Å². The number of allylic oxidation sites excluding steroid dienone is 1. The first-order chi connectivity index (χ1) is 9.26. The maximum absolute atomic E-state index is 5.92. The molecule has 2 nitrogen and oxygen atoms in total. The smallest absolute Gasteiger partial charge is 0.185 e. The first kappa shape index (κ1) is 13.8. The molecular formula is C15H15ClN2S. The van der Waals surface area contributed by atoms with Crippen LogP contribution in [0.5, 0.6) is 0 Å². The number of thiazole rings is 1. The summed E-state index contributed by atoms with van der Waals surface area (Å²) in [6.07, 6.45) is 3.67.